The van der Waals surface area contributed by atoms with E-state index in [9.17, 15) is 0 Å². The van der Waals surface area contributed by atoms with E-state index in [4.69, 9.17) is 5.73 Å². The molecular weight excluding hydrogens is 292 g/mol. The lowest BCUT2D eigenvalue weighted by Crippen LogP contribution is -2.08. The summed E-state index contributed by atoms with van der Waals surface area (Å²) in [5, 5.41) is 7.27. The molecule has 0 atom stereocenters. The zero-order chi connectivity index (χ0) is 13.9. The average Bonchev–Trinajstić information content (AvgIpc) is 3.12. The summed E-state index contributed by atoms with van der Waals surface area (Å²) in [5.41, 5.74) is 7.88. The maximum absolute atomic E-state index is 5.96. The fourth-order valence-electron chi connectivity index (χ4n) is 1.82. The number of anilines is 2. The molecule has 3 rings (SSSR count). The van der Waals surface area contributed by atoms with Crippen molar-refractivity contribution in [1.29, 1.82) is 0 Å². The molecule has 0 aliphatic carbocycles. The molecule has 0 fully saturated rings. The van der Waals surface area contributed by atoms with Gasteiger partial charge in [0.1, 0.15) is 15.8 Å². The van der Waals surface area contributed by atoms with Crippen LogP contribution in [-0.4, -0.2) is 25.5 Å². The molecule has 0 aromatic carbocycles. The molecule has 6 nitrogen and oxygen atoms in total. The summed E-state index contributed by atoms with van der Waals surface area (Å²) in [6.45, 7) is 3.60. The number of imidazole rings is 1. The van der Waals surface area contributed by atoms with Gasteiger partial charge in [0.15, 0.2) is 0 Å². The highest BCUT2D eigenvalue weighted by Crippen LogP contribution is 2.38. The minimum absolute atomic E-state index is 0.537. The van der Waals surface area contributed by atoms with E-state index >= 15 is 0 Å². The van der Waals surface area contributed by atoms with E-state index in [1.165, 1.54) is 11.5 Å². The standard InChI is InChI=1S/C12H14N6S2/c1-8-6-19-12(16-8)9-10(13)17-20-11(9)15-3-5-18-4-2-14-7-18/h2,4,6-7,15H,3,5H2,1H3,(H2,13,17). The SMILES string of the molecule is Cc1csc(-c2c(N)nsc2NCCn2ccnc2)n1. The van der Waals surface area contributed by atoms with E-state index in [0.717, 1.165) is 34.4 Å². The first kappa shape index (κ1) is 13.1. The van der Waals surface area contributed by atoms with E-state index < -0.39 is 0 Å². The van der Waals surface area contributed by atoms with Crippen molar-refractivity contribution in [2.24, 2.45) is 0 Å². The van der Waals surface area contributed by atoms with Crippen molar-refractivity contribution < 1.29 is 0 Å². The predicted molar refractivity (Wildman–Crippen MR) is 83.1 cm³/mol. The molecule has 0 unspecified atom stereocenters. The van der Waals surface area contributed by atoms with Gasteiger partial charge in [-0.1, -0.05) is 0 Å². The number of nitrogen functional groups attached to an aromatic ring is 1. The fraction of sp³-hybridized carbons (Fsp3) is 0.250. The van der Waals surface area contributed by atoms with Crippen LogP contribution in [0.15, 0.2) is 24.1 Å². The second kappa shape index (κ2) is 5.59. The highest BCUT2D eigenvalue weighted by molar-refractivity contribution is 7.15. The zero-order valence-electron chi connectivity index (χ0n) is 10.9. The van der Waals surface area contributed by atoms with Gasteiger partial charge in [-0.25, -0.2) is 9.97 Å². The van der Waals surface area contributed by atoms with E-state index in [1.54, 1.807) is 23.9 Å². The molecule has 3 aromatic heterocycles. The number of nitrogens with one attached hydrogen (secondary N) is 1. The van der Waals surface area contributed by atoms with Crippen LogP contribution in [0.2, 0.25) is 0 Å². The molecule has 0 bridgehead atoms. The van der Waals surface area contributed by atoms with Gasteiger partial charge in [-0.15, -0.1) is 11.3 Å². The number of hydrogen-bond donors (Lipinski definition) is 2. The van der Waals surface area contributed by atoms with Crippen LogP contribution >= 0.6 is 22.9 Å². The lowest BCUT2D eigenvalue weighted by Gasteiger charge is -2.06. The zero-order valence-corrected chi connectivity index (χ0v) is 12.5. The molecular formula is C12H14N6S2. The number of nitrogens with zero attached hydrogens (tertiary/aromatic N) is 4. The third-order valence-corrected chi connectivity index (χ3v) is 4.56. The minimum Gasteiger partial charge on any atom is -0.382 e. The normalized spacial score (nSPS) is 10.8. The number of rotatable bonds is 5. The predicted octanol–water partition coefficient (Wildman–Crippen LogP) is 2.47. The van der Waals surface area contributed by atoms with Crippen molar-refractivity contribution in [3.05, 3.63) is 29.8 Å². The quantitative estimate of drug-likeness (QED) is 0.756. The molecule has 0 aliphatic rings. The molecule has 0 saturated heterocycles. The van der Waals surface area contributed by atoms with Crippen LogP contribution < -0.4 is 11.1 Å². The fourth-order valence-corrected chi connectivity index (χ4v) is 3.48. The first-order valence-electron chi connectivity index (χ1n) is 6.11. The highest BCUT2D eigenvalue weighted by atomic mass is 32.1. The van der Waals surface area contributed by atoms with Gasteiger partial charge in [-0.05, 0) is 18.5 Å². The van der Waals surface area contributed by atoms with E-state index in [2.05, 4.69) is 19.7 Å². The van der Waals surface area contributed by atoms with Crippen molar-refractivity contribution in [2.45, 2.75) is 13.5 Å². The van der Waals surface area contributed by atoms with Crippen LogP contribution in [-0.2, 0) is 6.54 Å². The Hall–Kier alpha value is -1.93. The maximum Gasteiger partial charge on any atom is 0.149 e. The summed E-state index contributed by atoms with van der Waals surface area (Å²) in [4.78, 5) is 8.50. The molecule has 104 valence electrons. The van der Waals surface area contributed by atoms with Gasteiger partial charge >= 0.3 is 0 Å². The number of aromatic nitrogens is 4. The van der Waals surface area contributed by atoms with Gasteiger partial charge in [0.05, 0.1) is 11.9 Å². The molecule has 0 amide bonds. The van der Waals surface area contributed by atoms with Gasteiger partial charge in [0, 0.05) is 36.6 Å². The topological polar surface area (TPSA) is 81.6 Å². The molecule has 3 aromatic rings. The summed E-state index contributed by atoms with van der Waals surface area (Å²) >= 11 is 2.96. The van der Waals surface area contributed by atoms with Gasteiger partial charge in [0.2, 0.25) is 0 Å². The van der Waals surface area contributed by atoms with Crippen LogP contribution in [0.25, 0.3) is 10.6 Å². The number of hydrogen-bond acceptors (Lipinski definition) is 7. The Morgan fingerprint density at radius 2 is 2.35 bits per heavy atom. The van der Waals surface area contributed by atoms with Gasteiger partial charge < -0.3 is 15.6 Å². The van der Waals surface area contributed by atoms with Crippen LogP contribution in [0.3, 0.4) is 0 Å². The first-order valence-corrected chi connectivity index (χ1v) is 7.76. The molecule has 8 heteroatoms. The van der Waals surface area contributed by atoms with Crippen molar-refractivity contribution >= 4 is 33.7 Å². The second-order valence-electron chi connectivity index (χ2n) is 4.29. The van der Waals surface area contributed by atoms with Gasteiger partial charge in [-0.3, -0.25) is 0 Å². The average molecular weight is 306 g/mol. The molecule has 3 heterocycles. The maximum atomic E-state index is 5.96. The number of nitrogens with two attached hydrogens (primary N) is 1. The summed E-state index contributed by atoms with van der Waals surface area (Å²) in [7, 11) is 0. The minimum atomic E-state index is 0.537. The lowest BCUT2D eigenvalue weighted by molar-refractivity contribution is 0.728. The monoisotopic (exact) mass is 306 g/mol. The van der Waals surface area contributed by atoms with Crippen LogP contribution in [0, 0.1) is 6.92 Å². The number of thiazole rings is 1. The third kappa shape index (κ3) is 2.66. The lowest BCUT2D eigenvalue weighted by atomic mass is 10.3. The Balaban J connectivity index is 1.74. The summed E-state index contributed by atoms with van der Waals surface area (Å²) in [5.74, 6) is 0.537. The van der Waals surface area contributed by atoms with Crippen molar-refractivity contribution in [3.63, 3.8) is 0 Å². The summed E-state index contributed by atoms with van der Waals surface area (Å²) < 4.78 is 6.24. The van der Waals surface area contributed by atoms with Crippen LogP contribution in [0.5, 0.6) is 0 Å². The molecule has 3 N–H and O–H groups in total. The highest BCUT2D eigenvalue weighted by Gasteiger charge is 2.16. The Morgan fingerprint density at radius 1 is 1.45 bits per heavy atom. The van der Waals surface area contributed by atoms with Crippen molar-refractivity contribution in [2.75, 3.05) is 17.6 Å². The second-order valence-corrected chi connectivity index (χ2v) is 5.92. The molecule has 0 saturated carbocycles. The largest absolute Gasteiger partial charge is 0.382 e. The Kier molecular flexibility index (Phi) is 3.66. The summed E-state index contributed by atoms with van der Waals surface area (Å²) in [6, 6.07) is 0. The molecule has 20 heavy (non-hydrogen) atoms. The molecule has 0 aliphatic heterocycles. The number of aryl methyl sites for hydroxylation is 1. The van der Waals surface area contributed by atoms with E-state index in [-0.39, 0.29) is 0 Å². The molecule has 0 radical (unpaired) electrons. The van der Waals surface area contributed by atoms with Crippen molar-refractivity contribution in [3.8, 4) is 10.6 Å². The Morgan fingerprint density at radius 3 is 3.05 bits per heavy atom. The Labute approximate surface area is 124 Å². The smallest absolute Gasteiger partial charge is 0.149 e. The van der Waals surface area contributed by atoms with Crippen LogP contribution in [0.4, 0.5) is 10.8 Å². The molecule has 0 spiro atoms. The first-order chi connectivity index (χ1) is 9.74. The van der Waals surface area contributed by atoms with Crippen molar-refractivity contribution in [1.82, 2.24) is 18.9 Å². The van der Waals surface area contributed by atoms with Gasteiger partial charge in [0.25, 0.3) is 0 Å². The van der Waals surface area contributed by atoms with Gasteiger partial charge in [-0.2, -0.15) is 4.37 Å². The van der Waals surface area contributed by atoms with E-state index in [0.29, 0.717) is 5.82 Å². The Bertz CT molecular complexity index is 685. The van der Waals surface area contributed by atoms with Crippen LogP contribution in [0.1, 0.15) is 5.69 Å². The van der Waals surface area contributed by atoms with E-state index in [1.807, 2.05) is 23.1 Å². The third-order valence-electron chi connectivity index (χ3n) is 2.77. The summed E-state index contributed by atoms with van der Waals surface area (Å²) in [6.07, 6.45) is 5.51.